The molecule has 0 bridgehead atoms. The van der Waals surface area contributed by atoms with Gasteiger partial charge in [0.2, 0.25) is 11.9 Å². The Bertz CT molecular complexity index is 458. The highest BCUT2D eigenvalue weighted by molar-refractivity contribution is 5.90. The molecule has 2 heterocycles. The third-order valence-corrected chi connectivity index (χ3v) is 3.68. The van der Waals surface area contributed by atoms with Crippen molar-refractivity contribution in [3.05, 3.63) is 11.4 Å². The van der Waals surface area contributed by atoms with Crippen molar-refractivity contribution < 1.29 is 4.79 Å². The van der Waals surface area contributed by atoms with Crippen LogP contribution in [0.1, 0.15) is 32.2 Å². The van der Waals surface area contributed by atoms with Crippen LogP contribution >= 0.6 is 0 Å². The molecule has 19 heavy (non-hydrogen) atoms. The molecule has 1 aliphatic rings. The Balaban J connectivity index is 2.03. The van der Waals surface area contributed by atoms with Gasteiger partial charge in [-0.2, -0.15) is 0 Å². The predicted octanol–water partition coefficient (Wildman–Crippen LogP) is 0.790. The molecule has 6 heteroatoms. The third-order valence-electron chi connectivity index (χ3n) is 3.68. The molecule has 104 valence electrons. The highest BCUT2D eigenvalue weighted by atomic mass is 16.2. The maximum atomic E-state index is 12.1. The van der Waals surface area contributed by atoms with Gasteiger partial charge in [-0.1, -0.05) is 20.8 Å². The van der Waals surface area contributed by atoms with Crippen LogP contribution in [0.3, 0.4) is 0 Å². The van der Waals surface area contributed by atoms with E-state index >= 15 is 0 Å². The first-order valence-electron chi connectivity index (χ1n) is 6.89. The van der Waals surface area contributed by atoms with Gasteiger partial charge in [0, 0.05) is 5.92 Å². The lowest BCUT2D eigenvalue weighted by Gasteiger charge is -2.31. The minimum Gasteiger partial charge on any atom is -0.316 e. The molecule has 0 aliphatic carbocycles. The van der Waals surface area contributed by atoms with Gasteiger partial charge in [0.1, 0.15) is 0 Å². The Morgan fingerprint density at radius 3 is 2.53 bits per heavy atom. The van der Waals surface area contributed by atoms with Crippen molar-refractivity contribution in [2.45, 2.75) is 33.6 Å². The molecular weight excluding hydrogens is 242 g/mol. The number of anilines is 1. The summed E-state index contributed by atoms with van der Waals surface area (Å²) in [6.45, 7) is 7.80. The van der Waals surface area contributed by atoms with E-state index in [1.807, 2.05) is 20.8 Å². The molecule has 2 N–H and O–H groups in total. The number of aryl methyl sites for hydroxylation is 2. The van der Waals surface area contributed by atoms with Gasteiger partial charge in [0.05, 0.1) is 11.4 Å². The standard InChI is InChI=1S/C13H21N5O/c1-4-10-11(5-2)17-18-13(15-10)16-12(19)8(3)9-6-14-7-9/h8-9,14H,4-7H2,1-3H3,(H,15,16,18,19). The van der Waals surface area contributed by atoms with Crippen LogP contribution in [0.5, 0.6) is 0 Å². The minimum atomic E-state index is -0.0281. The highest BCUT2D eigenvalue weighted by Gasteiger charge is 2.29. The number of hydrogen-bond acceptors (Lipinski definition) is 5. The zero-order valence-corrected chi connectivity index (χ0v) is 11.7. The SMILES string of the molecule is CCc1nnc(NC(=O)C(C)C2CNC2)nc1CC. The number of carbonyl (C=O) groups is 1. The molecule has 0 saturated carbocycles. The zero-order chi connectivity index (χ0) is 13.8. The van der Waals surface area contributed by atoms with E-state index in [1.54, 1.807) is 0 Å². The van der Waals surface area contributed by atoms with Gasteiger partial charge in [0.25, 0.3) is 0 Å². The summed E-state index contributed by atoms with van der Waals surface area (Å²) in [5, 5.41) is 14.0. The Kier molecular flexibility index (Phi) is 4.42. The molecular formula is C13H21N5O. The van der Waals surface area contributed by atoms with Crippen LogP contribution in [0.2, 0.25) is 0 Å². The number of hydrogen-bond donors (Lipinski definition) is 2. The number of amides is 1. The molecule has 1 saturated heterocycles. The van der Waals surface area contributed by atoms with Gasteiger partial charge >= 0.3 is 0 Å². The zero-order valence-electron chi connectivity index (χ0n) is 11.7. The van der Waals surface area contributed by atoms with Crippen molar-refractivity contribution in [1.82, 2.24) is 20.5 Å². The molecule has 6 nitrogen and oxygen atoms in total. The van der Waals surface area contributed by atoms with E-state index in [4.69, 9.17) is 0 Å². The first-order chi connectivity index (χ1) is 9.15. The third kappa shape index (κ3) is 3.07. The molecule has 0 spiro atoms. The topological polar surface area (TPSA) is 79.8 Å². The number of rotatable bonds is 5. The molecule has 0 radical (unpaired) electrons. The lowest BCUT2D eigenvalue weighted by molar-refractivity contribution is -0.121. The highest BCUT2D eigenvalue weighted by Crippen LogP contribution is 2.17. The average molecular weight is 263 g/mol. The van der Waals surface area contributed by atoms with E-state index in [-0.39, 0.29) is 11.8 Å². The van der Waals surface area contributed by atoms with Crippen molar-refractivity contribution in [2.75, 3.05) is 18.4 Å². The summed E-state index contributed by atoms with van der Waals surface area (Å²) in [6.07, 6.45) is 1.60. The van der Waals surface area contributed by atoms with Crippen molar-refractivity contribution in [3.8, 4) is 0 Å². The summed E-state index contributed by atoms with van der Waals surface area (Å²) in [6, 6.07) is 0. The smallest absolute Gasteiger partial charge is 0.249 e. The average Bonchev–Trinajstić information content (AvgIpc) is 2.36. The van der Waals surface area contributed by atoms with E-state index in [0.717, 1.165) is 37.3 Å². The van der Waals surface area contributed by atoms with Gasteiger partial charge in [-0.25, -0.2) is 4.98 Å². The second kappa shape index (κ2) is 6.06. The molecule has 1 fully saturated rings. The Morgan fingerprint density at radius 2 is 2.00 bits per heavy atom. The number of nitrogens with zero attached hydrogens (tertiary/aromatic N) is 3. The lowest BCUT2D eigenvalue weighted by atomic mass is 9.88. The molecule has 2 rings (SSSR count). The molecule has 1 atom stereocenters. The van der Waals surface area contributed by atoms with E-state index < -0.39 is 0 Å². The largest absolute Gasteiger partial charge is 0.316 e. The van der Waals surface area contributed by atoms with Crippen molar-refractivity contribution >= 4 is 11.9 Å². The van der Waals surface area contributed by atoms with E-state index in [0.29, 0.717) is 11.9 Å². The van der Waals surface area contributed by atoms with Crippen LogP contribution in [0.15, 0.2) is 0 Å². The molecule has 1 aromatic rings. The van der Waals surface area contributed by atoms with Crippen LogP contribution < -0.4 is 10.6 Å². The van der Waals surface area contributed by atoms with E-state index in [1.165, 1.54) is 0 Å². The van der Waals surface area contributed by atoms with Crippen molar-refractivity contribution in [1.29, 1.82) is 0 Å². The Labute approximate surface area is 113 Å². The number of nitrogens with one attached hydrogen (secondary N) is 2. The Hall–Kier alpha value is -1.56. The van der Waals surface area contributed by atoms with Crippen LogP contribution in [0.25, 0.3) is 0 Å². The molecule has 1 aromatic heterocycles. The normalized spacial score (nSPS) is 16.8. The molecule has 1 unspecified atom stereocenters. The van der Waals surface area contributed by atoms with E-state index in [9.17, 15) is 4.79 Å². The number of aromatic nitrogens is 3. The first kappa shape index (κ1) is 13.9. The number of carbonyl (C=O) groups excluding carboxylic acids is 1. The fourth-order valence-electron chi connectivity index (χ4n) is 2.09. The summed E-state index contributed by atoms with van der Waals surface area (Å²) < 4.78 is 0. The van der Waals surface area contributed by atoms with Crippen molar-refractivity contribution in [3.63, 3.8) is 0 Å². The maximum absolute atomic E-state index is 12.1. The minimum absolute atomic E-state index is 0.0271. The summed E-state index contributed by atoms with van der Waals surface area (Å²) in [5.41, 5.74) is 1.81. The first-order valence-corrected chi connectivity index (χ1v) is 6.89. The van der Waals surface area contributed by atoms with Gasteiger partial charge in [-0.15, -0.1) is 10.2 Å². The summed E-state index contributed by atoms with van der Waals surface area (Å²) in [5.74, 6) is 0.673. The fraction of sp³-hybridized carbons (Fsp3) is 0.692. The van der Waals surface area contributed by atoms with E-state index in [2.05, 4.69) is 25.8 Å². The van der Waals surface area contributed by atoms with Gasteiger partial charge < -0.3 is 5.32 Å². The molecule has 1 aliphatic heterocycles. The maximum Gasteiger partial charge on any atom is 0.249 e. The predicted molar refractivity (Wildman–Crippen MR) is 72.7 cm³/mol. The van der Waals surface area contributed by atoms with Gasteiger partial charge in [0.15, 0.2) is 0 Å². The quantitative estimate of drug-likeness (QED) is 0.821. The fourth-order valence-corrected chi connectivity index (χ4v) is 2.09. The monoisotopic (exact) mass is 263 g/mol. The molecule has 1 amide bonds. The van der Waals surface area contributed by atoms with Crippen LogP contribution in [-0.4, -0.2) is 34.2 Å². The summed E-state index contributed by atoms with van der Waals surface area (Å²) >= 11 is 0. The second-order valence-corrected chi connectivity index (χ2v) is 4.93. The molecule has 0 aromatic carbocycles. The second-order valence-electron chi connectivity index (χ2n) is 4.93. The van der Waals surface area contributed by atoms with Gasteiger partial charge in [-0.05, 0) is 31.8 Å². The lowest BCUT2D eigenvalue weighted by Crippen LogP contribution is -2.48. The summed E-state index contributed by atoms with van der Waals surface area (Å²) in [4.78, 5) is 16.4. The van der Waals surface area contributed by atoms with Crippen LogP contribution in [0, 0.1) is 11.8 Å². The van der Waals surface area contributed by atoms with Gasteiger partial charge in [-0.3, -0.25) is 10.1 Å². The van der Waals surface area contributed by atoms with Crippen LogP contribution in [-0.2, 0) is 17.6 Å². The summed E-state index contributed by atoms with van der Waals surface area (Å²) in [7, 11) is 0. The van der Waals surface area contributed by atoms with Crippen molar-refractivity contribution in [2.24, 2.45) is 11.8 Å². The Morgan fingerprint density at radius 1 is 1.32 bits per heavy atom. The van der Waals surface area contributed by atoms with Crippen LogP contribution in [0.4, 0.5) is 5.95 Å².